The predicted octanol–water partition coefficient (Wildman–Crippen LogP) is 3.04. The van der Waals surface area contributed by atoms with Gasteiger partial charge in [-0.05, 0) is 25.5 Å². The molecule has 1 atom stereocenters. The van der Waals surface area contributed by atoms with E-state index in [0.29, 0.717) is 0 Å². The van der Waals surface area contributed by atoms with Crippen LogP contribution in [0.2, 0.25) is 0 Å². The van der Waals surface area contributed by atoms with Crippen LogP contribution in [-0.2, 0) is 6.42 Å². The second-order valence-corrected chi connectivity index (χ2v) is 4.68. The summed E-state index contributed by atoms with van der Waals surface area (Å²) in [5.41, 5.74) is 0.995. The molecule has 0 aliphatic heterocycles. The average molecular weight is 271 g/mol. The van der Waals surface area contributed by atoms with Crippen molar-refractivity contribution in [3.05, 3.63) is 42.0 Å². The molecule has 0 saturated heterocycles. The molecule has 0 aliphatic carbocycles. The molecule has 0 fully saturated rings. The van der Waals surface area contributed by atoms with Gasteiger partial charge in [0.1, 0.15) is 17.5 Å². The lowest BCUT2D eigenvalue weighted by Gasteiger charge is -2.15. The topological polar surface area (TPSA) is 62.7 Å². The van der Waals surface area contributed by atoms with Gasteiger partial charge >= 0.3 is 0 Å². The number of nitrogens with zero attached hydrogens (tertiary/aromatic N) is 3. The number of aryl methyl sites for hydroxylation is 1. The summed E-state index contributed by atoms with van der Waals surface area (Å²) >= 11 is 0. The first-order chi connectivity index (χ1) is 9.72. The number of hydrogen-bond donors (Lipinski definition) is 2. The maximum atomic E-state index is 4.55. The molecule has 106 valence electrons. The lowest BCUT2D eigenvalue weighted by Crippen LogP contribution is -2.11. The Morgan fingerprint density at radius 2 is 2.00 bits per heavy atom. The Morgan fingerprint density at radius 3 is 2.65 bits per heavy atom. The summed E-state index contributed by atoms with van der Waals surface area (Å²) < 4.78 is 0. The standard InChI is InChI=1S/C15H21N5/c1-4-7-13-19-14(16-3)10-15(20-13)18-11(2)12-8-5-6-9-17-12/h5-6,8-11H,4,7H2,1-3H3,(H2,16,18,19,20). The summed E-state index contributed by atoms with van der Waals surface area (Å²) in [5, 5.41) is 6.45. The van der Waals surface area contributed by atoms with Gasteiger partial charge in [-0.3, -0.25) is 4.98 Å². The van der Waals surface area contributed by atoms with E-state index in [0.717, 1.165) is 36.0 Å². The van der Waals surface area contributed by atoms with Gasteiger partial charge in [-0.25, -0.2) is 9.97 Å². The Hall–Kier alpha value is -2.17. The van der Waals surface area contributed by atoms with Crippen molar-refractivity contribution in [3.8, 4) is 0 Å². The first kappa shape index (κ1) is 14.2. The first-order valence-corrected chi connectivity index (χ1v) is 6.96. The molecule has 0 bridgehead atoms. The summed E-state index contributed by atoms with van der Waals surface area (Å²) in [6.07, 6.45) is 3.71. The van der Waals surface area contributed by atoms with Gasteiger partial charge in [0, 0.05) is 25.7 Å². The van der Waals surface area contributed by atoms with E-state index in [1.165, 1.54) is 0 Å². The minimum absolute atomic E-state index is 0.102. The molecule has 20 heavy (non-hydrogen) atoms. The minimum atomic E-state index is 0.102. The molecule has 2 rings (SSSR count). The van der Waals surface area contributed by atoms with Crippen LogP contribution in [0, 0.1) is 0 Å². The molecule has 0 radical (unpaired) electrons. The van der Waals surface area contributed by atoms with E-state index in [1.807, 2.05) is 31.3 Å². The molecule has 2 aromatic heterocycles. The van der Waals surface area contributed by atoms with Crippen LogP contribution >= 0.6 is 0 Å². The molecule has 5 heteroatoms. The van der Waals surface area contributed by atoms with Crippen molar-refractivity contribution in [3.63, 3.8) is 0 Å². The van der Waals surface area contributed by atoms with E-state index in [9.17, 15) is 0 Å². The van der Waals surface area contributed by atoms with Gasteiger partial charge in [-0.1, -0.05) is 13.0 Å². The summed E-state index contributed by atoms with van der Waals surface area (Å²) in [7, 11) is 1.87. The van der Waals surface area contributed by atoms with Gasteiger partial charge in [0.25, 0.3) is 0 Å². The monoisotopic (exact) mass is 271 g/mol. The zero-order chi connectivity index (χ0) is 14.4. The third-order valence-electron chi connectivity index (χ3n) is 3.00. The third-order valence-corrected chi connectivity index (χ3v) is 3.00. The largest absolute Gasteiger partial charge is 0.373 e. The van der Waals surface area contributed by atoms with E-state index >= 15 is 0 Å². The molecule has 1 unspecified atom stereocenters. The Balaban J connectivity index is 2.17. The first-order valence-electron chi connectivity index (χ1n) is 6.96. The second kappa shape index (κ2) is 6.84. The smallest absolute Gasteiger partial charge is 0.133 e. The Kier molecular flexibility index (Phi) is 4.87. The van der Waals surface area contributed by atoms with Crippen LogP contribution in [0.3, 0.4) is 0 Å². The predicted molar refractivity (Wildman–Crippen MR) is 81.8 cm³/mol. The quantitative estimate of drug-likeness (QED) is 0.845. The van der Waals surface area contributed by atoms with Crippen LogP contribution in [0.5, 0.6) is 0 Å². The fourth-order valence-electron chi connectivity index (χ4n) is 1.96. The van der Waals surface area contributed by atoms with E-state index in [1.54, 1.807) is 6.20 Å². The van der Waals surface area contributed by atoms with Crippen molar-refractivity contribution in [2.45, 2.75) is 32.7 Å². The van der Waals surface area contributed by atoms with Crippen LogP contribution in [0.1, 0.15) is 37.8 Å². The normalized spacial score (nSPS) is 11.9. The zero-order valence-corrected chi connectivity index (χ0v) is 12.2. The molecule has 0 spiro atoms. The fraction of sp³-hybridized carbons (Fsp3) is 0.400. The molecule has 2 N–H and O–H groups in total. The summed E-state index contributed by atoms with van der Waals surface area (Å²) in [6.45, 7) is 4.20. The third kappa shape index (κ3) is 3.66. The van der Waals surface area contributed by atoms with Crippen LogP contribution in [-0.4, -0.2) is 22.0 Å². The van der Waals surface area contributed by atoms with Crippen molar-refractivity contribution in [1.29, 1.82) is 0 Å². The number of rotatable bonds is 6. The van der Waals surface area contributed by atoms with Crippen molar-refractivity contribution in [2.24, 2.45) is 0 Å². The van der Waals surface area contributed by atoms with E-state index in [-0.39, 0.29) is 6.04 Å². The van der Waals surface area contributed by atoms with Crippen LogP contribution in [0.4, 0.5) is 11.6 Å². The highest BCUT2D eigenvalue weighted by Gasteiger charge is 2.09. The summed E-state index contributed by atoms with van der Waals surface area (Å²) in [6, 6.07) is 7.93. The Labute approximate surface area is 119 Å². The summed E-state index contributed by atoms with van der Waals surface area (Å²) in [5.74, 6) is 2.51. The van der Waals surface area contributed by atoms with Gasteiger partial charge in [-0.15, -0.1) is 0 Å². The fourth-order valence-corrected chi connectivity index (χ4v) is 1.96. The number of aromatic nitrogens is 3. The highest BCUT2D eigenvalue weighted by atomic mass is 15.1. The van der Waals surface area contributed by atoms with Crippen molar-refractivity contribution in [1.82, 2.24) is 15.0 Å². The molecule has 5 nitrogen and oxygen atoms in total. The van der Waals surface area contributed by atoms with E-state index < -0.39 is 0 Å². The van der Waals surface area contributed by atoms with E-state index in [2.05, 4.69) is 39.4 Å². The number of anilines is 2. The molecular formula is C15H21N5. The molecule has 2 heterocycles. The maximum Gasteiger partial charge on any atom is 0.133 e. The van der Waals surface area contributed by atoms with Gasteiger partial charge in [0.2, 0.25) is 0 Å². The highest BCUT2D eigenvalue weighted by Crippen LogP contribution is 2.18. The molecule has 0 aromatic carbocycles. The maximum absolute atomic E-state index is 4.55. The van der Waals surface area contributed by atoms with Crippen LogP contribution < -0.4 is 10.6 Å². The van der Waals surface area contributed by atoms with Crippen molar-refractivity contribution >= 4 is 11.6 Å². The second-order valence-electron chi connectivity index (χ2n) is 4.68. The van der Waals surface area contributed by atoms with Crippen molar-refractivity contribution in [2.75, 3.05) is 17.7 Å². The van der Waals surface area contributed by atoms with E-state index in [4.69, 9.17) is 0 Å². The SMILES string of the molecule is CCCc1nc(NC)cc(NC(C)c2ccccn2)n1. The highest BCUT2D eigenvalue weighted by molar-refractivity contribution is 5.48. The Bertz CT molecular complexity index is 541. The summed E-state index contributed by atoms with van der Waals surface area (Å²) in [4.78, 5) is 13.3. The molecule has 2 aromatic rings. The van der Waals surface area contributed by atoms with Crippen LogP contribution in [0.15, 0.2) is 30.5 Å². The molecule has 0 amide bonds. The molecule has 0 aliphatic rings. The average Bonchev–Trinajstić information content (AvgIpc) is 2.48. The van der Waals surface area contributed by atoms with Crippen molar-refractivity contribution < 1.29 is 0 Å². The zero-order valence-electron chi connectivity index (χ0n) is 12.2. The minimum Gasteiger partial charge on any atom is -0.373 e. The van der Waals surface area contributed by atoms with Gasteiger partial charge < -0.3 is 10.6 Å². The van der Waals surface area contributed by atoms with Gasteiger partial charge in [0.15, 0.2) is 0 Å². The molecular weight excluding hydrogens is 250 g/mol. The Morgan fingerprint density at radius 1 is 1.20 bits per heavy atom. The lowest BCUT2D eigenvalue weighted by molar-refractivity contribution is 0.806. The van der Waals surface area contributed by atoms with Gasteiger partial charge in [0.05, 0.1) is 11.7 Å². The van der Waals surface area contributed by atoms with Gasteiger partial charge in [-0.2, -0.15) is 0 Å². The van der Waals surface area contributed by atoms with Crippen LogP contribution in [0.25, 0.3) is 0 Å². The number of nitrogens with one attached hydrogen (secondary N) is 2. The molecule has 0 saturated carbocycles. The number of pyridine rings is 1. The number of hydrogen-bond acceptors (Lipinski definition) is 5. The lowest BCUT2D eigenvalue weighted by atomic mass is 10.2.